The monoisotopic (exact) mass is 356 g/mol. The van der Waals surface area contributed by atoms with E-state index in [0.717, 1.165) is 6.42 Å². The van der Waals surface area contributed by atoms with Crippen LogP contribution in [-0.4, -0.2) is 32.1 Å². The van der Waals surface area contributed by atoms with Crippen molar-refractivity contribution in [2.75, 3.05) is 32.1 Å². The van der Waals surface area contributed by atoms with E-state index in [-0.39, 0.29) is 0 Å². The average molecular weight is 357 g/mol. The SMILES string of the molecule is CN1CCc2ccccc2CC1.CN1c2ccccc2Cc2ccccc21. The second-order valence-electron chi connectivity index (χ2n) is 7.57. The van der Waals surface area contributed by atoms with Crippen LogP contribution in [0.25, 0.3) is 0 Å². The van der Waals surface area contributed by atoms with Crippen LogP contribution in [0.1, 0.15) is 22.3 Å². The molecule has 0 radical (unpaired) electrons. The molecule has 0 spiro atoms. The highest BCUT2D eigenvalue weighted by molar-refractivity contribution is 5.73. The van der Waals surface area contributed by atoms with Gasteiger partial charge in [0.15, 0.2) is 0 Å². The van der Waals surface area contributed by atoms with E-state index in [1.165, 1.54) is 48.4 Å². The van der Waals surface area contributed by atoms with Gasteiger partial charge in [-0.2, -0.15) is 0 Å². The molecule has 5 rings (SSSR count). The maximum Gasteiger partial charge on any atom is 0.0444 e. The molecule has 27 heavy (non-hydrogen) atoms. The van der Waals surface area contributed by atoms with Gasteiger partial charge < -0.3 is 9.80 Å². The van der Waals surface area contributed by atoms with Gasteiger partial charge in [-0.3, -0.25) is 0 Å². The Morgan fingerprint density at radius 2 is 0.963 bits per heavy atom. The fraction of sp³-hybridized carbons (Fsp3) is 0.280. The number of fused-ring (bicyclic) bond motifs is 3. The molecule has 2 nitrogen and oxygen atoms in total. The summed E-state index contributed by atoms with van der Waals surface area (Å²) in [5.74, 6) is 0. The van der Waals surface area contributed by atoms with E-state index in [0.29, 0.717) is 0 Å². The molecule has 0 unspecified atom stereocenters. The number of hydrogen-bond acceptors (Lipinski definition) is 2. The number of para-hydroxylation sites is 2. The van der Waals surface area contributed by atoms with Crippen LogP contribution in [0, 0.1) is 0 Å². The van der Waals surface area contributed by atoms with E-state index >= 15 is 0 Å². The molecule has 0 aromatic heterocycles. The first kappa shape index (κ1) is 17.8. The predicted octanol–water partition coefficient (Wildman–Crippen LogP) is 5.08. The molecule has 0 fully saturated rings. The number of anilines is 2. The van der Waals surface area contributed by atoms with Gasteiger partial charge in [-0.05, 0) is 54.3 Å². The number of hydrogen-bond donors (Lipinski definition) is 0. The Hall–Kier alpha value is -2.58. The second kappa shape index (κ2) is 7.98. The van der Waals surface area contributed by atoms with Crippen LogP contribution in [0.3, 0.4) is 0 Å². The lowest BCUT2D eigenvalue weighted by Crippen LogP contribution is -2.20. The lowest BCUT2D eigenvalue weighted by atomic mass is 9.96. The molecule has 0 saturated carbocycles. The summed E-state index contributed by atoms with van der Waals surface area (Å²) in [5.41, 5.74) is 8.58. The summed E-state index contributed by atoms with van der Waals surface area (Å²) in [6.45, 7) is 2.41. The fourth-order valence-electron chi connectivity index (χ4n) is 4.09. The van der Waals surface area contributed by atoms with Crippen molar-refractivity contribution in [3.05, 3.63) is 95.1 Å². The Morgan fingerprint density at radius 1 is 0.556 bits per heavy atom. The van der Waals surface area contributed by atoms with Crippen LogP contribution >= 0.6 is 0 Å². The van der Waals surface area contributed by atoms with Gasteiger partial charge >= 0.3 is 0 Å². The third-order valence-electron chi connectivity index (χ3n) is 5.73. The molecule has 2 heterocycles. The van der Waals surface area contributed by atoms with Gasteiger partial charge in [0, 0.05) is 37.9 Å². The first-order valence-corrected chi connectivity index (χ1v) is 9.87. The predicted molar refractivity (Wildman–Crippen MR) is 115 cm³/mol. The maximum absolute atomic E-state index is 2.40. The van der Waals surface area contributed by atoms with Gasteiger partial charge in [0.25, 0.3) is 0 Å². The minimum Gasteiger partial charge on any atom is -0.344 e. The third-order valence-corrected chi connectivity index (χ3v) is 5.73. The van der Waals surface area contributed by atoms with E-state index in [1.54, 1.807) is 11.1 Å². The Balaban J connectivity index is 0.000000137. The molecule has 0 N–H and O–H groups in total. The van der Waals surface area contributed by atoms with E-state index < -0.39 is 0 Å². The Morgan fingerprint density at radius 3 is 1.44 bits per heavy atom. The minimum atomic E-state index is 1.05. The third kappa shape index (κ3) is 3.91. The molecule has 2 aliphatic heterocycles. The quantitative estimate of drug-likeness (QED) is 0.554. The number of likely N-dealkylation sites (N-methyl/N-ethyl adjacent to an activating group) is 1. The van der Waals surface area contributed by atoms with Gasteiger partial charge in [0.2, 0.25) is 0 Å². The molecule has 138 valence electrons. The minimum absolute atomic E-state index is 1.05. The smallest absolute Gasteiger partial charge is 0.0444 e. The van der Waals surface area contributed by atoms with Gasteiger partial charge in [-0.15, -0.1) is 0 Å². The normalized spacial score (nSPS) is 15.6. The lowest BCUT2D eigenvalue weighted by molar-refractivity contribution is 0.352. The van der Waals surface area contributed by atoms with Crippen LogP contribution in [-0.2, 0) is 19.3 Å². The zero-order valence-electron chi connectivity index (χ0n) is 16.4. The van der Waals surface area contributed by atoms with E-state index in [4.69, 9.17) is 0 Å². The molecule has 0 saturated heterocycles. The Labute approximate surface area is 163 Å². The molecule has 0 amide bonds. The van der Waals surface area contributed by atoms with Crippen molar-refractivity contribution in [1.82, 2.24) is 4.90 Å². The molecular weight excluding hydrogens is 328 g/mol. The number of benzene rings is 3. The summed E-state index contributed by atoms with van der Waals surface area (Å²) in [4.78, 5) is 4.67. The summed E-state index contributed by atoms with van der Waals surface area (Å²) < 4.78 is 0. The largest absolute Gasteiger partial charge is 0.344 e. The van der Waals surface area contributed by atoms with Crippen molar-refractivity contribution in [3.8, 4) is 0 Å². The van der Waals surface area contributed by atoms with Gasteiger partial charge in [0.1, 0.15) is 0 Å². The van der Waals surface area contributed by atoms with Crippen molar-refractivity contribution in [2.45, 2.75) is 19.3 Å². The molecular formula is C25H28N2. The van der Waals surface area contributed by atoms with Crippen LogP contribution in [0.5, 0.6) is 0 Å². The van der Waals surface area contributed by atoms with Gasteiger partial charge in [0.05, 0.1) is 0 Å². The molecule has 3 aromatic carbocycles. The first-order chi connectivity index (χ1) is 13.2. The van der Waals surface area contributed by atoms with Gasteiger partial charge in [-0.1, -0.05) is 60.7 Å². The summed E-state index contributed by atoms with van der Waals surface area (Å²) in [6.07, 6.45) is 3.48. The first-order valence-electron chi connectivity index (χ1n) is 9.87. The topological polar surface area (TPSA) is 6.48 Å². The van der Waals surface area contributed by atoms with E-state index in [9.17, 15) is 0 Å². The van der Waals surface area contributed by atoms with Crippen LogP contribution in [0.4, 0.5) is 11.4 Å². The van der Waals surface area contributed by atoms with Crippen molar-refractivity contribution < 1.29 is 0 Å². The Bertz CT molecular complexity index is 843. The summed E-state index contributed by atoms with van der Waals surface area (Å²) in [5, 5.41) is 0. The highest BCUT2D eigenvalue weighted by atomic mass is 15.1. The fourth-order valence-corrected chi connectivity index (χ4v) is 4.09. The summed E-state index contributed by atoms with van der Waals surface area (Å²) in [6, 6.07) is 26.0. The summed E-state index contributed by atoms with van der Waals surface area (Å²) in [7, 11) is 4.34. The molecule has 3 aromatic rings. The van der Waals surface area contributed by atoms with E-state index in [2.05, 4.69) is 96.7 Å². The molecule has 2 aliphatic rings. The number of rotatable bonds is 0. The van der Waals surface area contributed by atoms with Crippen molar-refractivity contribution in [3.63, 3.8) is 0 Å². The maximum atomic E-state index is 2.40. The number of nitrogens with zero attached hydrogens (tertiary/aromatic N) is 2. The standard InChI is InChI=1S/C14H13N.C11H15N/c1-15-13-8-4-2-6-11(13)10-12-7-3-5-9-14(12)15;1-12-8-6-10-4-2-3-5-11(10)7-9-12/h2-9H,10H2,1H3;2-5H,6-9H2,1H3. The zero-order valence-corrected chi connectivity index (χ0v) is 16.4. The zero-order chi connectivity index (χ0) is 18.6. The van der Waals surface area contributed by atoms with Crippen molar-refractivity contribution >= 4 is 11.4 Å². The van der Waals surface area contributed by atoms with Crippen molar-refractivity contribution in [1.29, 1.82) is 0 Å². The highest BCUT2D eigenvalue weighted by Gasteiger charge is 2.18. The molecule has 0 bridgehead atoms. The van der Waals surface area contributed by atoms with Gasteiger partial charge in [-0.25, -0.2) is 0 Å². The highest BCUT2D eigenvalue weighted by Crippen LogP contribution is 2.36. The summed E-state index contributed by atoms with van der Waals surface area (Å²) >= 11 is 0. The van der Waals surface area contributed by atoms with E-state index in [1.807, 2.05) is 0 Å². The second-order valence-corrected chi connectivity index (χ2v) is 7.57. The molecule has 0 atom stereocenters. The van der Waals surface area contributed by atoms with Crippen molar-refractivity contribution in [2.24, 2.45) is 0 Å². The average Bonchev–Trinajstić information content (AvgIpc) is 2.91. The molecule has 0 aliphatic carbocycles. The Kier molecular flexibility index (Phi) is 5.26. The van der Waals surface area contributed by atoms with Crippen LogP contribution in [0.2, 0.25) is 0 Å². The lowest BCUT2D eigenvalue weighted by Gasteiger charge is -2.29. The van der Waals surface area contributed by atoms with Crippen LogP contribution in [0.15, 0.2) is 72.8 Å². The molecule has 2 heteroatoms. The van der Waals surface area contributed by atoms with Crippen LogP contribution < -0.4 is 4.90 Å².